The van der Waals surface area contributed by atoms with Gasteiger partial charge < -0.3 is 9.47 Å². The van der Waals surface area contributed by atoms with Gasteiger partial charge in [0, 0.05) is 0 Å². The molecule has 2 aromatic rings. The van der Waals surface area contributed by atoms with E-state index in [1.54, 1.807) is 0 Å². The van der Waals surface area contributed by atoms with Crippen molar-refractivity contribution in [3.8, 4) is 11.5 Å². The molecule has 0 spiro atoms. The molecule has 2 rings (SSSR count). The Kier molecular flexibility index (Phi) is 11.7. The van der Waals surface area contributed by atoms with Crippen molar-refractivity contribution in [2.45, 2.75) is 90.9 Å². The summed E-state index contributed by atoms with van der Waals surface area (Å²) in [5.74, 6) is 1.02. The fourth-order valence-electron chi connectivity index (χ4n) is 3.53. The molecule has 0 saturated heterocycles. The zero-order valence-electron chi connectivity index (χ0n) is 18.8. The molecule has 0 saturated carbocycles. The summed E-state index contributed by atoms with van der Waals surface area (Å²) < 4.78 is 10.6. The smallest absolute Gasteiger partial charge is 0.395 e. The highest BCUT2D eigenvalue weighted by molar-refractivity contribution is 5.67. The fourth-order valence-corrected chi connectivity index (χ4v) is 3.53. The molecule has 0 amide bonds. The van der Waals surface area contributed by atoms with E-state index >= 15 is 0 Å². The van der Waals surface area contributed by atoms with Gasteiger partial charge in [-0.2, -0.15) is 0 Å². The van der Waals surface area contributed by atoms with Gasteiger partial charge in [-0.3, -0.25) is 0 Å². The average Bonchev–Trinajstić information content (AvgIpc) is 2.76. The van der Waals surface area contributed by atoms with E-state index in [1.807, 2.05) is 48.5 Å². The first-order chi connectivity index (χ1) is 14.7. The van der Waals surface area contributed by atoms with E-state index in [1.165, 1.54) is 75.3 Å². The Balaban J connectivity index is 1.69. The molecule has 0 aliphatic heterocycles. The Labute approximate surface area is 182 Å². The van der Waals surface area contributed by atoms with E-state index in [9.17, 15) is 4.79 Å². The van der Waals surface area contributed by atoms with Crippen molar-refractivity contribution < 1.29 is 14.3 Å². The van der Waals surface area contributed by atoms with Crippen molar-refractivity contribution in [3.63, 3.8) is 0 Å². The van der Waals surface area contributed by atoms with Gasteiger partial charge in [-0.15, -0.1) is 0 Å². The van der Waals surface area contributed by atoms with Gasteiger partial charge in [0.1, 0.15) is 11.5 Å². The van der Waals surface area contributed by atoms with Gasteiger partial charge in [0.05, 0.1) is 0 Å². The number of carbonyl (C=O) groups is 1. The molecule has 0 fully saturated rings. The Bertz CT molecular complexity index is 642. The topological polar surface area (TPSA) is 35.5 Å². The maximum atomic E-state index is 12.1. The van der Waals surface area contributed by atoms with Crippen LogP contribution in [0.25, 0.3) is 0 Å². The van der Waals surface area contributed by atoms with E-state index in [-0.39, 0.29) is 0 Å². The predicted octanol–water partition coefficient (Wildman–Crippen LogP) is 8.29. The minimum atomic E-state index is -0.699. The second-order valence-corrected chi connectivity index (χ2v) is 8.07. The van der Waals surface area contributed by atoms with E-state index in [0.717, 1.165) is 12.8 Å². The molecule has 0 heterocycles. The van der Waals surface area contributed by atoms with E-state index < -0.39 is 6.16 Å². The van der Waals surface area contributed by atoms with Crippen LogP contribution in [0.15, 0.2) is 48.5 Å². The molecule has 0 aliphatic carbocycles. The lowest BCUT2D eigenvalue weighted by atomic mass is 10.1. The first kappa shape index (κ1) is 24.0. The van der Waals surface area contributed by atoms with Crippen molar-refractivity contribution >= 4 is 6.16 Å². The van der Waals surface area contributed by atoms with Gasteiger partial charge in [0.15, 0.2) is 0 Å². The molecule has 0 atom stereocenters. The van der Waals surface area contributed by atoms with Crippen LogP contribution in [0.2, 0.25) is 0 Å². The van der Waals surface area contributed by atoms with Crippen LogP contribution in [-0.2, 0) is 12.8 Å². The summed E-state index contributed by atoms with van der Waals surface area (Å²) in [6, 6.07) is 15.5. The third-order valence-corrected chi connectivity index (χ3v) is 5.39. The van der Waals surface area contributed by atoms with Crippen LogP contribution in [0.5, 0.6) is 11.5 Å². The summed E-state index contributed by atoms with van der Waals surface area (Å²) >= 11 is 0. The van der Waals surface area contributed by atoms with Crippen molar-refractivity contribution in [2.24, 2.45) is 0 Å². The monoisotopic (exact) mass is 410 g/mol. The number of unbranched alkanes of at least 4 members (excludes halogenated alkanes) is 8. The summed E-state index contributed by atoms with van der Waals surface area (Å²) in [7, 11) is 0. The second-order valence-electron chi connectivity index (χ2n) is 8.07. The third kappa shape index (κ3) is 9.96. The highest BCUT2D eigenvalue weighted by atomic mass is 16.7. The molecule has 30 heavy (non-hydrogen) atoms. The van der Waals surface area contributed by atoms with E-state index in [4.69, 9.17) is 9.47 Å². The van der Waals surface area contributed by atoms with Gasteiger partial charge in [0.2, 0.25) is 0 Å². The van der Waals surface area contributed by atoms with Crippen LogP contribution in [0, 0.1) is 0 Å². The number of ether oxygens (including phenoxy) is 2. The number of aryl methyl sites for hydroxylation is 2. The lowest BCUT2D eigenvalue weighted by molar-refractivity contribution is 0.152. The summed E-state index contributed by atoms with van der Waals surface area (Å²) in [6.45, 7) is 4.46. The maximum Gasteiger partial charge on any atom is 0.519 e. The van der Waals surface area contributed by atoms with Crippen molar-refractivity contribution in [1.82, 2.24) is 0 Å². The van der Waals surface area contributed by atoms with Crippen molar-refractivity contribution in [2.75, 3.05) is 0 Å². The van der Waals surface area contributed by atoms with Gasteiger partial charge in [-0.25, -0.2) is 4.79 Å². The molecular weight excluding hydrogens is 372 g/mol. The van der Waals surface area contributed by atoms with E-state index in [2.05, 4.69) is 13.8 Å². The lowest BCUT2D eigenvalue weighted by Crippen LogP contribution is -2.13. The predicted molar refractivity (Wildman–Crippen MR) is 124 cm³/mol. The SMILES string of the molecule is CCCCCCCc1ccc(OC(=O)Oc2ccc(CCCCCCC)cc2)cc1. The number of carbonyl (C=O) groups excluding carboxylic acids is 1. The molecule has 0 aromatic heterocycles. The zero-order valence-corrected chi connectivity index (χ0v) is 18.8. The first-order valence-corrected chi connectivity index (χ1v) is 11.8. The van der Waals surface area contributed by atoms with Crippen LogP contribution in [0.3, 0.4) is 0 Å². The molecule has 0 aliphatic rings. The Morgan fingerprint density at radius 3 is 1.30 bits per heavy atom. The van der Waals surface area contributed by atoms with Crippen LogP contribution in [0.4, 0.5) is 4.79 Å². The summed E-state index contributed by atoms with van der Waals surface area (Å²) in [5, 5.41) is 0. The quantitative estimate of drug-likeness (QED) is 0.178. The molecule has 2 aromatic carbocycles. The van der Waals surface area contributed by atoms with Gasteiger partial charge in [-0.1, -0.05) is 89.5 Å². The zero-order chi connectivity index (χ0) is 21.4. The van der Waals surface area contributed by atoms with Crippen LogP contribution >= 0.6 is 0 Å². The van der Waals surface area contributed by atoms with Gasteiger partial charge in [-0.05, 0) is 61.1 Å². The van der Waals surface area contributed by atoms with E-state index in [0.29, 0.717) is 11.5 Å². The van der Waals surface area contributed by atoms with Crippen molar-refractivity contribution in [1.29, 1.82) is 0 Å². The molecule has 0 N–H and O–H groups in total. The highest BCUT2D eigenvalue weighted by Crippen LogP contribution is 2.18. The first-order valence-electron chi connectivity index (χ1n) is 11.8. The molecule has 164 valence electrons. The third-order valence-electron chi connectivity index (χ3n) is 5.39. The second kappa shape index (κ2) is 14.7. The number of hydrogen-bond donors (Lipinski definition) is 0. The molecule has 3 heteroatoms. The molecule has 0 bridgehead atoms. The minimum Gasteiger partial charge on any atom is -0.395 e. The van der Waals surface area contributed by atoms with Crippen LogP contribution in [0.1, 0.15) is 89.2 Å². The molecule has 0 radical (unpaired) electrons. The molecule has 3 nitrogen and oxygen atoms in total. The maximum absolute atomic E-state index is 12.1. The summed E-state index contributed by atoms with van der Waals surface area (Å²) in [4.78, 5) is 12.1. The lowest BCUT2D eigenvalue weighted by Gasteiger charge is -2.08. The Hall–Kier alpha value is -2.29. The highest BCUT2D eigenvalue weighted by Gasteiger charge is 2.08. The molecular formula is C27H38O3. The van der Waals surface area contributed by atoms with Crippen LogP contribution in [-0.4, -0.2) is 6.16 Å². The Morgan fingerprint density at radius 2 is 0.933 bits per heavy atom. The summed E-state index contributed by atoms with van der Waals surface area (Å²) in [6.07, 6.45) is 14.2. The van der Waals surface area contributed by atoms with Crippen molar-refractivity contribution in [3.05, 3.63) is 59.7 Å². The molecule has 0 unspecified atom stereocenters. The largest absolute Gasteiger partial charge is 0.519 e. The number of benzene rings is 2. The van der Waals surface area contributed by atoms with Gasteiger partial charge >= 0.3 is 6.16 Å². The average molecular weight is 411 g/mol. The normalized spacial score (nSPS) is 10.7. The van der Waals surface area contributed by atoms with Crippen LogP contribution < -0.4 is 9.47 Å². The Morgan fingerprint density at radius 1 is 0.567 bits per heavy atom. The van der Waals surface area contributed by atoms with Gasteiger partial charge in [0.25, 0.3) is 0 Å². The number of rotatable bonds is 14. The summed E-state index contributed by atoms with van der Waals surface area (Å²) in [5.41, 5.74) is 2.55. The number of hydrogen-bond acceptors (Lipinski definition) is 3. The standard InChI is InChI=1S/C27H38O3/c1-3-5-7-9-11-13-23-15-19-25(20-16-23)29-27(28)30-26-21-17-24(18-22-26)14-12-10-8-6-4-2/h15-22H,3-14H2,1-2H3. The fraction of sp³-hybridized carbons (Fsp3) is 0.519. The minimum absolute atomic E-state index is 0.512.